The zero-order valence-corrected chi connectivity index (χ0v) is 14.4. The van der Waals surface area contributed by atoms with Crippen LogP contribution in [0.3, 0.4) is 0 Å². The number of carboxylic acids is 1. The third kappa shape index (κ3) is 4.37. The molecule has 1 N–H and O–H groups in total. The van der Waals surface area contributed by atoms with Crippen molar-refractivity contribution >= 4 is 29.2 Å². The second-order valence-electron chi connectivity index (χ2n) is 6.00. The topological polar surface area (TPSA) is 40.5 Å². The Bertz CT molecular complexity index is 521. The quantitative estimate of drug-likeness (QED) is 0.788. The number of likely N-dealkylation sites (tertiary alicyclic amines) is 1. The first-order chi connectivity index (χ1) is 10.5. The maximum atomic E-state index is 11.3. The van der Waals surface area contributed by atoms with Crippen LogP contribution < -0.4 is 0 Å². The van der Waals surface area contributed by atoms with Crippen LogP contribution in [0.2, 0.25) is 10.0 Å². The van der Waals surface area contributed by atoms with Crippen LogP contribution in [0, 0.1) is 5.92 Å². The van der Waals surface area contributed by atoms with Crippen LogP contribution in [0.25, 0.3) is 0 Å². The molecule has 1 aromatic rings. The van der Waals surface area contributed by atoms with Gasteiger partial charge in [0, 0.05) is 12.6 Å². The molecule has 2 atom stereocenters. The van der Waals surface area contributed by atoms with Crippen molar-refractivity contribution < 1.29 is 9.90 Å². The molecule has 2 rings (SSSR count). The van der Waals surface area contributed by atoms with E-state index in [0.717, 1.165) is 44.2 Å². The molecule has 1 saturated heterocycles. The third-order valence-electron chi connectivity index (χ3n) is 4.40. The number of piperidine rings is 1. The Morgan fingerprint density at radius 1 is 1.41 bits per heavy atom. The Labute approximate surface area is 142 Å². The summed E-state index contributed by atoms with van der Waals surface area (Å²) in [6.07, 6.45) is 4.95. The first-order valence-corrected chi connectivity index (χ1v) is 8.70. The van der Waals surface area contributed by atoms with Crippen molar-refractivity contribution in [2.45, 2.75) is 45.1 Å². The van der Waals surface area contributed by atoms with E-state index in [1.165, 1.54) is 0 Å². The average Bonchev–Trinajstić information content (AvgIpc) is 2.51. The number of unbranched alkanes of at least 4 members (excludes halogenated alkanes) is 1. The fraction of sp³-hybridized carbons (Fsp3) is 0.588. The summed E-state index contributed by atoms with van der Waals surface area (Å²) in [6.45, 7) is 3.73. The summed E-state index contributed by atoms with van der Waals surface area (Å²) in [5.74, 6) is -0.950. The van der Waals surface area contributed by atoms with E-state index in [1.807, 2.05) is 18.2 Å². The molecule has 1 aliphatic heterocycles. The highest BCUT2D eigenvalue weighted by atomic mass is 35.5. The fourth-order valence-corrected chi connectivity index (χ4v) is 3.47. The van der Waals surface area contributed by atoms with E-state index in [2.05, 4.69) is 11.8 Å². The van der Waals surface area contributed by atoms with E-state index in [1.54, 1.807) is 0 Å². The normalized spacial score (nSPS) is 20.8. The van der Waals surface area contributed by atoms with Gasteiger partial charge < -0.3 is 5.11 Å². The number of hydrogen-bond acceptors (Lipinski definition) is 2. The summed E-state index contributed by atoms with van der Waals surface area (Å²) in [6, 6.07) is 5.99. The summed E-state index contributed by atoms with van der Waals surface area (Å²) >= 11 is 12.2. The summed E-state index contributed by atoms with van der Waals surface area (Å²) < 4.78 is 0. The van der Waals surface area contributed by atoms with Crippen LogP contribution in [-0.2, 0) is 4.79 Å². The van der Waals surface area contributed by atoms with Gasteiger partial charge in [-0.2, -0.15) is 0 Å². The van der Waals surface area contributed by atoms with Gasteiger partial charge in [0.2, 0.25) is 0 Å². The molecule has 0 radical (unpaired) electrons. The molecule has 1 heterocycles. The Morgan fingerprint density at radius 2 is 2.18 bits per heavy atom. The molecule has 5 heteroatoms. The molecule has 122 valence electrons. The highest BCUT2D eigenvalue weighted by Gasteiger charge is 2.30. The largest absolute Gasteiger partial charge is 0.481 e. The predicted octanol–water partition coefficient (Wildman–Crippen LogP) is 5.02. The number of hydrogen-bond donors (Lipinski definition) is 1. The average molecular weight is 344 g/mol. The molecule has 3 nitrogen and oxygen atoms in total. The van der Waals surface area contributed by atoms with Gasteiger partial charge in [0.05, 0.1) is 16.0 Å². The van der Waals surface area contributed by atoms with Crippen molar-refractivity contribution in [1.82, 2.24) is 4.90 Å². The lowest BCUT2D eigenvalue weighted by atomic mass is 9.92. The number of nitrogens with zero attached hydrogens (tertiary/aromatic N) is 1. The van der Waals surface area contributed by atoms with Gasteiger partial charge in [0.15, 0.2) is 0 Å². The zero-order valence-electron chi connectivity index (χ0n) is 12.9. The zero-order chi connectivity index (χ0) is 16.1. The Balaban J connectivity index is 2.20. The lowest BCUT2D eigenvalue weighted by Gasteiger charge is -2.37. The van der Waals surface area contributed by atoms with Crippen molar-refractivity contribution in [1.29, 1.82) is 0 Å². The predicted molar refractivity (Wildman–Crippen MR) is 90.7 cm³/mol. The molecular formula is C17H23Cl2NO2. The summed E-state index contributed by atoms with van der Waals surface area (Å²) in [5, 5.41) is 10.4. The molecule has 0 bridgehead atoms. The Hall–Kier alpha value is -0.770. The summed E-state index contributed by atoms with van der Waals surface area (Å²) in [4.78, 5) is 13.6. The molecule has 0 aliphatic carbocycles. The Morgan fingerprint density at radius 3 is 2.82 bits per heavy atom. The highest BCUT2D eigenvalue weighted by Crippen LogP contribution is 2.34. The first kappa shape index (κ1) is 17.6. The smallest absolute Gasteiger partial charge is 0.307 e. The molecule has 0 spiro atoms. The summed E-state index contributed by atoms with van der Waals surface area (Å²) in [7, 11) is 0. The molecule has 22 heavy (non-hydrogen) atoms. The molecular weight excluding hydrogens is 321 g/mol. The van der Waals surface area contributed by atoms with Gasteiger partial charge in [0.25, 0.3) is 0 Å². The maximum absolute atomic E-state index is 11.3. The van der Waals surface area contributed by atoms with Crippen LogP contribution in [0.4, 0.5) is 0 Å². The van der Waals surface area contributed by atoms with Crippen LogP contribution >= 0.6 is 23.2 Å². The minimum absolute atomic E-state index is 0.219. The van der Waals surface area contributed by atoms with Gasteiger partial charge in [-0.25, -0.2) is 0 Å². The number of aliphatic carboxylic acids is 1. The molecule has 1 aromatic carbocycles. The minimum Gasteiger partial charge on any atom is -0.481 e. The van der Waals surface area contributed by atoms with E-state index >= 15 is 0 Å². The lowest BCUT2D eigenvalue weighted by molar-refractivity contribution is -0.144. The fourth-order valence-electron chi connectivity index (χ4n) is 3.17. The lowest BCUT2D eigenvalue weighted by Crippen LogP contribution is -2.40. The first-order valence-electron chi connectivity index (χ1n) is 7.94. The number of halogens is 2. The van der Waals surface area contributed by atoms with Gasteiger partial charge >= 0.3 is 5.97 Å². The SMILES string of the molecule is CCCCC(c1ccc(Cl)c(Cl)c1)N1CCCC(C(=O)O)C1. The molecule has 0 amide bonds. The van der Waals surface area contributed by atoms with E-state index in [-0.39, 0.29) is 12.0 Å². The van der Waals surface area contributed by atoms with Gasteiger partial charge in [0.1, 0.15) is 0 Å². The maximum Gasteiger partial charge on any atom is 0.307 e. The second-order valence-corrected chi connectivity index (χ2v) is 6.82. The third-order valence-corrected chi connectivity index (χ3v) is 5.14. The molecule has 1 fully saturated rings. The summed E-state index contributed by atoms with van der Waals surface area (Å²) in [5.41, 5.74) is 1.13. The number of benzene rings is 1. The monoisotopic (exact) mass is 343 g/mol. The Kier molecular flexibility index (Phi) is 6.54. The standard InChI is InChI=1S/C17H23Cl2NO2/c1-2-3-6-16(12-7-8-14(18)15(19)10-12)20-9-4-5-13(11-20)17(21)22/h7-8,10,13,16H,2-6,9,11H2,1H3,(H,21,22). The van der Waals surface area contributed by atoms with Crippen molar-refractivity contribution in [2.24, 2.45) is 5.92 Å². The van der Waals surface area contributed by atoms with Crippen LogP contribution in [0.15, 0.2) is 18.2 Å². The van der Waals surface area contributed by atoms with Crippen LogP contribution in [-0.4, -0.2) is 29.1 Å². The van der Waals surface area contributed by atoms with E-state index in [9.17, 15) is 9.90 Å². The van der Waals surface area contributed by atoms with Crippen molar-refractivity contribution in [3.05, 3.63) is 33.8 Å². The van der Waals surface area contributed by atoms with Gasteiger partial charge in [-0.3, -0.25) is 9.69 Å². The highest BCUT2D eigenvalue weighted by molar-refractivity contribution is 6.42. The number of carboxylic acid groups (broad SMARTS) is 1. The molecule has 2 unspecified atom stereocenters. The van der Waals surface area contributed by atoms with Gasteiger partial charge in [-0.05, 0) is 43.5 Å². The molecule has 0 saturated carbocycles. The van der Waals surface area contributed by atoms with Crippen LogP contribution in [0.5, 0.6) is 0 Å². The number of rotatable bonds is 6. The minimum atomic E-state index is -0.687. The van der Waals surface area contributed by atoms with Gasteiger partial charge in [-0.15, -0.1) is 0 Å². The van der Waals surface area contributed by atoms with Crippen molar-refractivity contribution in [3.63, 3.8) is 0 Å². The molecule has 1 aliphatic rings. The second kappa shape index (κ2) is 8.19. The van der Waals surface area contributed by atoms with Crippen molar-refractivity contribution in [2.75, 3.05) is 13.1 Å². The van der Waals surface area contributed by atoms with Crippen molar-refractivity contribution in [3.8, 4) is 0 Å². The van der Waals surface area contributed by atoms with E-state index in [0.29, 0.717) is 16.6 Å². The van der Waals surface area contributed by atoms with E-state index in [4.69, 9.17) is 23.2 Å². The number of carbonyl (C=O) groups is 1. The van der Waals surface area contributed by atoms with Gasteiger partial charge in [-0.1, -0.05) is 49.0 Å². The van der Waals surface area contributed by atoms with Crippen LogP contribution in [0.1, 0.15) is 50.6 Å². The van der Waals surface area contributed by atoms with E-state index < -0.39 is 5.97 Å². The molecule has 0 aromatic heterocycles.